The van der Waals surface area contributed by atoms with E-state index in [9.17, 15) is 18.0 Å². The van der Waals surface area contributed by atoms with Crippen LogP contribution in [0.2, 0.25) is 0 Å². The lowest BCUT2D eigenvalue weighted by Gasteiger charge is -2.22. The Labute approximate surface area is 177 Å². The smallest absolute Gasteiger partial charge is 0.339 e. The molecular weight excluding hydrogens is 406 g/mol. The molecule has 0 atom stereocenters. The molecule has 2 aromatic rings. The van der Waals surface area contributed by atoms with Crippen LogP contribution in [0, 0.1) is 6.92 Å². The van der Waals surface area contributed by atoms with E-state index in [1.165, 1.54) is 19.2 Å². The minimum Gasteiger partial charge on any atom is -0.497 e. The molecule has 8 nitrogen and oxygen atoms in total. The van der Waals surface area contributed by atoms with Crippen LogP contribution in [0.25, 0.3) is 0 Å². The minimum atomic E-state index is -4.09. The van der Waals surface area contributed by atoms with E-state index in [1.54, 1.807) is 43.3 Å². The minimum absolute atomic E-state index is 0.0111. The molecule has 0 aliphatic rings. The number of benzene rings is 2. The monoisotopic (exact) mass is 433 g/mol. The van der Waals surface area contributed by atoms with Crippen molar-refractivity contribution >= 4 is 27.8 Å². The lowest BCUT2D eigenvalue weighted by molar-refractivity contribution is 0.218. The zero-order chi connectivity index (χ0) is 22.1. The number of nitrogens with one attached hydrogen (secondary N) is 2. The van der Waals surface area contributed by atoms with Crippen LogP contribution in [0.4, 0.5) is 15.3 Å². The zero-order valence-corrected chi connectivity index (χ0v) is 18.2. The number of hydrogen-bond donors (Lipinski definition) is 2. The van der Waals surface area contributed by atoms with Gasteiger partial charge in [0.1, 0.15) is 5.75 Å². The van der Waals surface area contributed by atoms with Crippen LogP contribution in [0.1, 0.15) is 31.7 Å². The first-order valence-corrected chi connectivity index (χ1v) is 11.1. The maximum absolute atomic E-state index is 13.0. The summed E-state index contributed by atoms with van der Waals surface area (Å²) in [5.41, 5.74) is 1.21. The Hall–Kier alpha value is -3.07. The Kier molecular flexibility index (Phi) is 8.23. The number of nitrogens with zero attached hydrogens (tertiary/aromatic N) is 1. The van der Waals surface area contributed by atoms with Gasteiger partial charge in [-0.2, -0.15) is 0 Å². The van der Waals surface area contributed by atoms with E-state index in [2.05, 4.69) is 10.6 Å². The predicted molar refractivity (Wildman–Crippen MR) is 115 cm³/mol. The third-order valence-corrected chi connectivity index (χ3v) is 6.22. The molecule has 0 aliphatic carbocycles. The summed E-state index contributed by atoms with van der Waals surface area (Å²) in [7, 11) is -2.56. The van der Waals surface area contributed by atoms with Crippen LogP contribution in [0.3, 0.4) is 0 Å². The second kappa shape index (κ2) is 10.6. The summed E-state index contributed by atoms with van der Waals surface area (Å²) in [4.78, 5) is 25.0. The largest absolute Gasteiger partial charge is 0.497 e. The number of imide groups is 1. The number of carbonyl (C=O) groups is 2. The average molecular weight is 434 g/mol. The summed E-state index contributed by atoms with van der Waals surface area (Å²) in [5.74, 6) is 0.630. The summed E-state index contributed by atoms with van der Waals surface area (Å²) in [5, 5.41) is 4.67. The number of amides is 4. The standard InChI is InChI=1S/C21H27N3O5S/c1-4-5-9-14-24(30(27,28)18-10-7-6-8-11-18)21(26)23-20(25)22-19-13-12-17(29-3)15-16(19)2/h6-8,10-13,15H,4-5,9,14H2,1-3H3,(H2,22,23,25,26). The van der Waals surface area contributed by atoms with Gasteiger partial charge in [0.25, 0.3) is 10.0 Å². The van der Waals surface area contributed by atoms with Gasteiger partial charge in [0.05, 0.1) is 12.0 Å². The molecule has 0 spiro atoms. The predicted octanol–water partition coefficient (Wildman–Crippen LogP) is 4.13. The summed E-state index contributed by atoms with van der Waals surface area (Å²) >= 11 is 0. The van der Waals surface area contributed by atoms with Gasteiger partial charge in [-0.05, 0) is 49.2 Å². The number of unbranched alkanes of at least 4 members (excludes halogenated alkanes) is 2. The van der Waals surface area contributed by atoms with Gasteiger partial charge in [-0.3, -0.25) is 5.32 Å². The second-order valence-corrected chi connectivity index (χ2v) is 8.52. The molecule has 0 aliphatic heterocycles. The molecule has 0 saturated carbocycles. The van der Waals surface area contributed by atoms with Crippen molar-refractivity contribution in [3.63, 3.8) is 0 Å². The highest BCUT2D eigenvalue weighted by Crippen LogP contribution is 2.21. The van der Waals surface area contributed by atoms with E-state index < -0.39 is 22.1 Å². The van der Waals surface area contributed by atoms with Crippen molar-refractivity contribution in [2.24, 2.45) is 0 Å². The number of carbonyl (C=O) groups excluding carboxylic acids is 2. The van der Waals surface area contributed by atoms with Crippen molar-refractivity contribution in [1.29, 1.82) is 0 Å². The first-order chi connectivity index (χ1) is 14.3. The van der Waals surface area contributed by atoms with E-state index in [4.69, 9.17) is 4.74 Å². The third kappa shape index (κ3) is 5.96. The van der Waals surface area contributed by atoms with Crippen molar-refractivity contribution < 1.29 is 22.7 Å². The summed E-state index contributed by atoms with van der Waals surface area (Å²) in [6.07, 6.45) is 2.11. The highest BCUT2D eigenvalue weighted by molar-refractivity contribution is 7.89. The van der Waals surface area contributed by atoms with Crippen LogP contribution in [0.15, 0.2) is 53.4 Å². The molecule has 0 bridgehead atoms. The molecule has 0 saturated heterocycles. The number of urea groups is 2. The fourth-order valence-electron chi connectivity index (χ4n) is 2.77. The maximum atomic E-state index is 13.0. The Morgan fingerprint density at radius 3 is 2.37 bits per heavy atom. The number of rotatable bonds is 8. The van der Waals surface area contributed by atoms with Gasteiger partial charge in [-0.1, -0.05) is 38.0 Å². The Bertz CT molecular complexity index is 977. The van der Waals surface area contributed by atoms with Crippen LogP contribution in [0.5, 0.6) is 5.75 Å². The second-order valence-electron chi connectivity index (χ2n) is 6.66. The molecule has 162 valence electrons. The van der Waals surface area contributed by atoms with Crippen LogP contribution in [-0.4, -0.2) is 38.4 Å². The first kappa shape index (κ1) is 23.2. The summed E-state index contributed by atoms with van der Waals surface area (Å²) in [6.45, 7) is 3.73. The van der Waals surface area contributed by atoms with Crippen LogP contribution in [-0.2, 0) is 10.0 Å². The van der Waals surface area contributed by atoms with Gasteiger partial charge in [0.2, 0.25) is 0 Å². The van der Waals surface area contributed by atoms with Gasteiger partial charge in [-0.25, -0.2) is 22.3 Å². The van der Waals surface area contributed by atoms with Crippen molar-refractivity contribution in [2.45, 2.75) is 38.0 Å². The Balaban J connectivity index is 2.16. The molecule has 30 heavy (non-hydrogen) atoms. The van der Waals surface area contributed by atoms with Crippen molar-refractivity contribution in [3.05, 3.63) is 54.1 Å². The number of methoxy groups -OCH3 is 1. The number of aryl methyl sites for hydroxylation is 1. The molecule has 0 aromatic heterocycles. The number of sulfonamides is 1. The fourth-order valence-corrected chi connectivity index (χ4v) is 4.16. The number of anilines is 1. The summed E-state index contributed by atoms with van der Waals surface area (Å²) < 4.78 is 31.7. The zero-order valence-electron chi connectivity index (χ0n) is 17.3. The van der Waals surface area contributed by atoms with Gasteiger partial charge in [0.15, 0.2) is 0 Å². The Morgan fingerprint density at radius 2 is 1.77 bits per heavy atom. The topological polar surface area (TPSA) is 105 Å². The van der Waals surface area contributed by atoms with Crippen LogP contribution < -0.4 is 15.4 Å². The van der Waals surface area contributed by atoms with Gasteiger partial charge < -0.3 is 10.1 Å². The highest BCUT2D eigenvalue weighted by Gasteiger charge is 2.30. The lowest BCUT2D eigenvalue weighted by Crippen LogP contribution is -2.47. The van der Waals surface area contributed by atoms with E-state index in [-0.39, 0.29) is 11.4 Å². The molecule has 0 radical (unpaired) electrons. The summed E-state index contributed by atoms with van der Waals surface area (Å²) in [6, 6.07) is 10.9. The average Bonchev–Trinajstić information content (AvgIpc) is 2.73. The molecule has 0 fully saturated rings. The van der Waals surface area contributed by atoms with E-state index >= 15 is 0 Å². The van der Waals surface area contributed by atoms with Gasteiger partial charge >= 0.3 is 12.1 Å². The third-order valence-electron chi connectivity index (χ3n) is 4.42. The van der Waals surface area contributed by atoms with E-state index in [1.807, 2.05) is 6.92 Å². The number of ether oxygens (including phenoxy) is 1. The van der Waals surface area contributed by atoms with Crippen molar-refractivity contribution in [1.82, 2.24) is 9.62 Å². The maximum Gasteiger partial charge on any atom is 0.339 e. The molecule has 2 N–H and O–H groups in total. The molecule has 2 aromatic carbocycles. The highest BCUT2D eigenvalue weighted by atomic mass is 32.2. The molecule has 4 amide bonds. The Morgan fingerprint density at radius 1 is 1.07 bits per heavy atom. The van der Waals surface area contributed by atoms with Crippen molar-refractivity contribution in [2.75, 3.05) is 19.0 Å². The van der Waals surface area contributed by atoms with E-state index in [0.29, 0.717) is 22.2 Å². The van der Waals surface area contributed by atoms with Crippen LogP contribution >= 0.6 is 0 Å². The van der Waals surface area contributed by atoms with Gasteiger partial charge in [0, 0.05) is 12.2 Å². The van der Waals surface area contributed by atoms with Crippen molar-refractivity contribution in [3.8, 4) is 5.75 Å². The molecule has 2 rings (SSSR count). The molecule has 9 heteroatoms. The molecule has 0 heterocycles. The molecular formula is C21H27N3O5S. The lowest BCUT2D eigenvalue weighted by atomic mass is 10.2. The first-order valence-electron chi connectivity index (χ1n) is 9.64. The number of hydrogen-bond acceptors (Lipinski definition) is 5. The van der Waals surface area contributed by atoms with Gasteiger partial charge in [-0.15, -0.1) is 0 Å². The SMILES string of the molecule is CCCCCN(C(=O)NC(=O)Nc1ccc(OC)cc1C)S(=O)(=O)c1ccccc1. The fraction of sp³-hybridized carbons (Fsp3) is 0.333. The molecule has 0 unspecified atom stereocenters. The quantitative estimate of drug-likeness (QED) is 0.609. The normalized spacial score (nSPS) is 10.9. The van der Waals surface area contributed by atoms with E-state index in [0.717, 1.165) is 18.4 Å².